The topological polar surface area (TPSA) is 38.1 Å². The number of rotatable bonds is 4. The van der Waals surface area contributed by atoms with Gasteiger partial charge >= 0.3 is 0 Å². The van der Waals surface area contributed by atoms with Gasteiger partial charge in [0.05, 0.1) is 12.3 Å². The van der Waals surface area contributed by atoms with Gasteiger partial charge in [-0.15, -0.1) is 0 Å². The third kappa shape index (κ3) is 1.88. The maximum atomic E-state index is 9.36. The fourth-order valence-electron chi connectivity index (χ4n) is 2.81. The van der Waals surface area contributed by atoms with Crippen molar-refractivity contribution in [2.75, 3.05) is 0 Å². The van der Waals surface area contributed by atoms with Crippen molar-refractivity contribution in [3.63, 3.8) is 0 Å². The summed E-state index contributed by atoms with van der Waals surface area (Å²) in [6.07, 6.45) is 6.92. The maximum Gasteiger partial charge on any atom is 0.109 e. The summed E-state index contributed by atoms with van der Waals surface area (Å²) in [6.45, 7) is 4.52. The summed E-state index contributed by atoms with van der Waals surface area (Å²) in [5.74, 6) is 1.19. The van der Waals surface area contributed by atoms with Crippen molar-refractivity contribution >= 4 is 0 Å². The van der Waals surface area contributed by atoms with Crippen LogP contribution in [-0.4, -0.2) is 14.7 Å². The molecule has 3 nitrogen and oxygen atoms in total. The second kappa shape index (κ2) is 5.00. The molecule has 0 bridgehead atoms. The van der Waals surface area contributed by atoms with E-state index < -0.39 is 0 Å². The molecular weight excluding hydrogens is 200 g/mol. The minimum atomic E-state index is 0.0927. The third-order valence-electron chi connectivity index (χ3n) is 3.58. The Kier molecular flexibility index (Phi) is 3.64. The number of aliphatic hydroxyl groups excluding tert-OH is 1. The summed E-state index contributed by atoms with van der Waals surface area (Å²) in [4.78, 5) is 4.61. The molecule has 0 spiro atoms. The fraction of sp³-hybridized carbons (Fsp3) is 0.769. The van der Waals surface area contributed by atoms with Crippen molar-refractivity contribution < 1.29 is 5.11 Å². The van der Waals surface area contributed by atoms with Crippen LogP contribution >= 0.6 is 0 Å². The highest BCUT2D eigenvalue weighted by Gasteiger charge is 2.24. The molecule has 0 fully saturated rings. The third-order valence-corrected chi connectivity index (χ3v) is 3.58. The van der Waals surface area contributed by atoms with E-state index in [1.165, 1.54) is 30.8 Å². The molecule has 2 rings (SSSR count). The second-order valence-electron chi connectivity index (χ2n) is 4.65. The number of imidazole rings is 1. The Labute approximate surface area is 97.5 Å². The standard InChI is InChI=1S/C13H22N2O/c1-3-6-13-14-11(9-16)12-8-5-7-10(4-2)15(12)13/h10,16H,3-9H2,1-2H3. The van der Waals surface area contributed by atoms with Crippen LogP contribution in [0.2, 0.25) is 0 Å². The first-order chi connectivity index (χ1) is 7.81. The monoisotopic (exact) mass is 222 g/mol. The molecular formula is C13H22N2O. The molecule has 1 unspecified atom stereocenters. The van der Waals surface area contributed by atoms with Gasteiger partial charge in [-0.05, 0) is 32.1 Å². The van der Waals surface area contributed by atoms with Gasteiger partial charge in [-0.1, -0.05) is 13.8 Å². The zero-order valence-corrected chi connectivity index (χ0v) is 10.4. The molecule has 0 aromatic carbocycles. The predicted octanol–water partition coefficient (Wildman–Crippen LogP) is 2.62. The summed E-state index contributed by atoms with van der Waals surface area (Å²) in [5.41, 5.74) is 2.21. The molecule has 1 aromatic rings. The van der Waals surface area contributed by atoms with Crippen LogP contribution in [0.5, 0.6) is 0 Å². The molecule has 90 valence electrons. The summed E-state index contributed by atoms with van der Waals surface area (Å²) in [7, 11) is 0. The first-order valence-corrected chi connectivity index (χ1v) is 6.51. The largest absolute Gasteiger partial charge is 0.390 e. The first kappa shape index (κ1) is 11.6. The van der Waals surface area contributed by atoms with Gasteiger partial charge in [0.2, 0.25) is 0 Å². The van der Waals surface area contributed by atoms with Crippen molar-refractivity contribution in [3.05, 3.63) is 17.2 Å². The Morgan fingerprint density at radius 2 is 2.25 bits per heavy atom. The lowest BCUT2D eigenvalue weighted by Crippen LogP contribution is -2.19. The number of hydrogen-bond acceptors (Lipinski definition) is 2. The molecule has 1 aliphatic rings. The SMILES string of the molecule is CCCc1nc(CO)c2n1C(CC)CCC2. The van der Waals surface area contributed by atoms with Gasteiger partial charge in [-0.3, -0.25) is 0 Å². The molecule has 0 radical (unpaired) electrons. The second-order valence-corrected chi connectivity index (χ2v) is 4.65. The fourth-order valence-corrected chi connectivity index (χ4v) is 2.81. The number of nitrogens with zero attached hydrogens (tertiary/aromatic N) is 2. The van der Waals surface area contributed by atoms with Gasteiger partial charge in [0.15, 0.2) is 0 Å². The van der Waals surface area contributed by atoms with Gasteiger partial charge in [-0.25, -0.2) is 4.98 Å². The molecule has 0 saturated carbocycles. The lowest BCUT2D eigenvalue weighted by molar-refractivity contribution is 0.274. The van der Waals surface area contributed by atoms with E-state index in [1.54, 1.807) is 0 Å². The van der Waals surface area contributed by atoms with Crippen LogP contribution in [0.25, 0.3) is 0 Å². The number of aliphatic hydroxyl groups is 1. The highest BCUT2D eigenvalue weighted by molar-refractivity contribution is 5.20. The number of aromatic nitrogens is 2. The Morgan fingerprint density at radius 1 is 1.44 bits per heavy atom. The lowest BCUT2D eigenvalue weighted by Gasteiger charge is -2.26. The van der Waals surface area contributed by atoms with Crippen molar-refractivity contribution in [2.24, 2.45) is 0 Å². The van der Waals surface area contributed by atoms with Crippen molar-refractivity contribution in [1.29, 1.82) is 0 Å². The smallest absolute Gasteiger partial charge is 0.109 e. The summed E-state index contributed by atoms with van der Waals surface area (Å²) in [5, 5.41) is 9.36. The van der Waals surface area contributed by atoms with Crippen LogP contribution in [0.15, 0.2) is 0 Å². The molecule has 2 heterocycles. The minimum Gasteiger partial charge on any atom is -0.390 e. The summed E-state index contributed by atoms with van der Waals surface area (Å²) < 4.78 is 2.42. The molecule has 3 heteroatoms. The van der Waals surface area contributed by atoms with Gasteiger partial charge < -0.3 is 9.67 Å². The Hall–Kier alpha value is -0.830. The predicted molar refractivity (Wildman–Crippen MR) is 64.4 cm³/mol. The van der Waals surface area contributed by atoms with Gasteiger partial charge in [-0.2, -0.15) is 0 Å². The summed E-state index contributed by atoms with van der Waals surface area (Å²) >= 11 is 0. The van der Waals surface area contributed by atoms with Crippen LogP contribution in [0.1, 0.15) is 62.8 Å². The summed E-state index contributed by atoms with van der Waals surface area (Å²) in [6, 6.07) is 0.609. The Balaban J connectivity index is 2.42. The van der Waals surface area contributed by atoms with E-state index in [4.69, 9.17) is 0 Å². The van der Waals surface area contributed by atoms with Crippen molar-refractivity contribution in [1.82, 2.24) is 9.55 Å². The van der Waals surface area contributed by atoms with E-state index in [0.29, 0.717) is 6.04 Å². The van der Waals surface area contributed by atoms with Crippen LogP contribution in [-0.2, 0) is 19.4 Å². The van der Waals surface area contributed by atoms with E-state index in [0.717, 1.165) is 25.0 Å². The molecule has 1 aromatic heterocycles. The zero-order valence-electron chi connectivity index (χ0n) is 10.4. The van der Waals surface area contributed by atoms with Gasteiger partial charge in [0, 0.05) is 18.2 Å². The molecule has 16 heavy (non-hydrogen) atoms. The molecule has 0 saturated heterocycles. The van der Waals surface area contributed by atoms with E-state index in [2.05, 4.69) is 23.4 Å². The highest BCUT2D eigenvalue weighted by atomic mass is 16.3. The number of hydrogen-bond donors (Lipinski definition) is 1. The number of fused-ring (bicyclic) bond motifs is 1. The molecule has 1 N–H and O–H groups in total. The first-order valence-electron chi connectivity index (χ1n) is 6.51. The Morgan fingerprint density at radius 3 is 2.88 bits per heavy atom. The van der Waals surface area contributed by atoms with Crippen molar-refractivity contribution in [3.8, 4) is 0 Å². The molecule has 0 amide bonds. The van der Waals surface area contributed by atoms with Gasteiger partial charge in [0.25, 0.3) is 0 Å². The number of aryl methyl sites for hydroxylation is 1. The van der Waals surface area contributed by atoms with Crippen molar-refractivity contribution in [2.45, 2.75) is 65.0 Å². The van der Waals surface area contributed by atoms with E-state index in [9.17, 15) is 5.11 Å². The average Bonchev–Trinajstić information content (AvgIpc) is 2.68. The van der Waals surface area contributed by atoms with Crippen LogP contribution < -0.4 is 0 Å². The minimum absolute atomic E-state index is 0.0927. The van der Waals surface area contributed by atoms with Crippen LogP contribution in [0, 0.1) is 0 Å². The van der Waals surface area contributed by atoms with E-state index >= 15 is 0 Å². The van der Waals surface area contributed by atoms with E-state index in [1.807, 2.05) is 0 Å². The Bertz CT molecular complexity index is 357. The van der Waals surface area contributed by atoms with Gasteiger partial charge in [0.1, 0.15) is 5.82 Å². The molecule has 0 aliphatic carbocycles. The molecule has 1 aliphatic heterocycles. The average molecular weight is 222 g/mol. The molecule has 1 atom stereocenters. The maximum absolute atomic E-state index is 9.36. The highest BCUT2D eigenvalue weighted by Crippen LogP contribution is 2.31. The van der Waals surface area contributed by atoms with Crippen LogP contribution in [0.4, 0.5) is 0 Å². The zero-order chi connectivity index (χ0) is 11.5. The van der Waals surface area contributed by atoms with Crippen LogP contribution in [0.3, 0.4) is 0 Å². The quantitative estimate of drug-likeness (QED) is 0.850. The lowest BCUT2D eigenvalue weighted by atomic mass is 9.99. The van der Waals surface area contributed by atoms with E-state index in [-0.39, 0.29) is 6.61 Å². The normalized spacial score (nSPS) is 19.8.